The molecule has 2 atom stereocenters. The quantitative estimate of drug-likeness (QED) is 0.689. The number of anilines is 1. The van der Waals surface area contributed by atoms with Crippen molar-refractivity contribution in [2.45, 2.75) is 30.7 Å². The normalized spacial score (nSPS) is 25.8. The number of hydrogen-bond acceptors (Lipinski definition) is 5. The number of ketones is 1. The predicted octanol–water partition coefficient (Wildman–Crippen LogP) is 3.57. The van der Waals surface area contributed by atoms with Crippen molar-refractivity contribution in [3.8, 4) is 0 Å². The van der Waals surface area contributed by atoms with E-state index in [0.29, 0.717) is 43.3 Å². The molecule has 1 aromatic heterocycles. The number of likely N-dealkylation sites (N-methyl/N-ethyl adjacent to an activating group) is 1. The number of nitrogens with one attached hydrogen (secondary N) is 1. The van der Waals surface area contributed by atoms with Gasteiger partial charge in [0.1, 0.15) is 17.2 Å². The first-order chi connectivity index (χ1) is 15.7. The second-order valence-electron chi connectivity index (χ2n) is 9.10. The molecule has 2 aliphatic heterocycles. The lowest BCUT2D eigenvalue weighted by molar-refractivity contribution is -0.136. The SMILES string of the molecule is CN(C(=O)O)[C@]1(C(=O)C2CCN(c3ccc(F)cn3)CC2)CNC[C@@]1(C)c1ccc(Cl)cc1. The minimum atomic E-state index is -1.26. The van der Waals surface area contributed by atoms with Crippen LogP contribution in [0.4, 0.5) is 15.0 Å². The van der Waals surface area contributed by atoms with E-state index in [-0.39, 0.29) is 18.2 Å². The van der Waals surface area contributed by atoms with Crippen LogP contribution in [0, 0.1) is 11.7 Å². The first-order valence-electron chi connectivity index (χ1n) is 11.0. The predicted molar refractivity (Wildman–Crippen MR) is 124 cm³/mol. The average Bonchev–Trinajstić information content (AvgIpc) is 3.17. The number of piperidine rings is 1. The zero-order valence-corrected chi connectivity index (χ0v) is 19.5. The van der Waals surface area contributed by atoms with Gasteiger partial charge in [-0.1, -0.05) is 30.7 Å². The smallest absolute Gasteiger partial charge is 0.407 e. The van der Waals surface area contributed by atoms with Gasteiger partial charge in [-0.2, -0.15) is 0 Å². The van der Waals surface area contributed by atoms with Gasteiger partial charge in [-0.25, -0.2) is 14.2 Å². The van der Waals surface area contributed by atoms with Gasteiger partial charge in [0.05, 0.1) is 6.20 Å². The molecule has 0 aliphatic carbocycles. The lowest BCUT2D eigenvalue weighted by atomic mass is 9.63. The number of pyridine rings is 1. The Labute approximate surface area is 197 Å². The number of carbonyl (C=O) groups excluding carboxylic acids is 1. The van der Waals surface area contributed by atoms with Gasteiger partial charge in [0.15, 0.2) is 5.78 Å². The topological polar surface area (TPSA) is 85.8 Å². The Bertz CT molecular complexity index is 1030. The third-order valence-corrected chi connectivity index (χ3v) is 7.67. The van der Waals surface area contributed by atoms with E-state index in [1.165, 1.54) is 24.2 Å². The zero-order chi connectivity index (χ0) is 23.8. The Kier molecular flexibility index (Phi) is 6.33. The van der Waals surface area contributed by atoms with Gasteiger partial charge >= 0.3 is 6.09 Å². The van der Waals surface area contributed by atoms with Crippen LogP contribution in [-0.4, -0.2) is 65.6 Å². The molecule has 1 aromatic carbocycles. The standard InChI is InChI=1S/C24H28ClFN4O3/c1-23(17-3-5-18(25)6-4-17)14-27-15-24(23,29(2)22(32)33)21(31)16-9-11-30(12-10-16)20-8-7-19(26)13-28-20/h3-8,13,16,27H,9-12,14-15H2,1-2H3,(H,32,33)/t23-,24-/m0/s1. The third-order valence-electron chi connectivity index (χ3n) is 7.42. The van der Waals surface area contributed by atoms with Crippen LogP contribution >= 0.6 is 11.6 Å². The zero-order valence-electron chi connectivity index (χ0n) is 18.7. The average molecular weight is 475 g/mol. The second kappa shape index (κ2) is 8.91. The van der Waals surface area contributed by atoms with E-state index in [4.69, 9.17) is 11.6 Å². The molecule has 4 rings (SSSR count). The maximum Gasteiger partial charge on any atom is 0.407 e. The van der Waals surface area contributed by atoms with Crippen LogP contribution in [0.5, 0.6) is 0 Å². The van der Waals surface area contributed by atoms with E-state index in [2.05, 4.69) is 10.3 Å². The fourth-order valence-corrected chi connectivity index (χ4v) is 5.56. The molecule has 33 heavy (non-hydrogen) atoms. The molecule has 3 heterocycles. The van der Waals surface area contributed by atoms with Gasteiger partial charge in [0.25, 0.3) is 0 Å². The van der Waals surface area contributed by atoms with E-state index in [9.17, 15) is 19.1 Å². The summed E-state index contributed by atoms with van der Waals surface area (Å²) in [7, 11) is 1.49. The van der Waals surface area contributed by atoms with Gasteiger partial charge in [-0.3, -0.25) is 9.69 Å². The summed E-state index contributed by atoms with van der Waals surface area (Å²) in [5.74, 6) is -0.0810. The number of Topliss-reactive ketones (excluding diaryl/α,β-unsaturated/α-hetero) is 1. The number of nitrogens with zero attached hydrogens (tertiary/aromatic N) is 3. The first kappa shape index (κ1) is 23.4. The Balaban J connectivity index is 1.63. The number of carboxylic acid groups (broad SMARTS) is 1. The highest BCUT2D eigenvalue weighted by atomic mass is 35.5. The number of benzene rings is 1. The van der Waals surface area contributed by atoms with Crippen LogP contribution in [-0.2, 0) is 10.2 Å². The van der Waals surface area contributed by atoms with Crippen molar-refractivity contribution in [1.82, 2.24) is 15.2 Å². The highest BCUT2D eigenvalue weighted by Gasteiger charge is 2.62. The minimum Gasteiger partial charge on any atom is -0.465 e. The molecule has 2 aliphatic rings. The Morgan fingerprint density at radius 2 is 1.85 bits per heavy atom. The summed E-state index contributed by atoms with van der Waals surface area (Å²) >= 11 is 6.09. The van der Waals surface area contributed by atoms with Gasteiger partial charge in [0, 0.05) is 49.6 Å². The molecule has 0 saturated carbocycles. The van der Waals surface area contributed by atoms with Crippen molar-refractivity contribution in [2.75, 3.05) is 38.1 Å². The summed E-state index contributed by atoms with van der Waals surface area (Å²) in [4.78, 5) is 33.7. The van der Waals surface area contributed by atoms with Crippen LogP contribution in [0.2, 0.25) is 5.02 Å². The number of rotatable bonds is 5. The molecule has 0 spiro atoms. The van der Waals surface area contributed by atoms with E-state index in [1.54, 1.807) is 18.2 Å². The highest BCUT2D eigenvalue weighted by Crippen LogP contribution is 2.45. The third kappa shape index (κ3) is 3.95. The van der Waals surface area contributed by atoms with E-state index in [0.717, 1.165) is 5.56 Å². The lowest BCUT2D eigenvalue weighted by Gasteiger charge is -2.49. The summed E-state index contributed by atoms with van der Waals surface area (Å²) in [5, 5.41) is 13.8. The Morgan fingerprint density at radius 3 is 2.42 bits per heavy atom. The van der Waals surface area contributed by atoms with E-state index < -0.39 is 22.9 Å². The summed E-state index contributed by atoms with van der Waals surface area (Å²) in [6.45, 7) is 3.84. The van der Waals surface area contributed by atoms with Gasteiger partial charge in [-0.15, -0.1) is 0 Å². The molecule has 2 aromatic rings. The molecule has 1 amide bonds. The monoisotopic (exact) mass is 474 g/mol. The highest BCUT2D eigenvalue weighted by molar-refractivity contribution is 6.30. The van der Waals surface area contributed by atoms with Crippen molar-refractivity contribution in [2.24, 2.45) is 5.92 Å². The molecule has 9 heteroatoms. The van der Waals surface area contributed by atoms with E-state index in [1.807, 2.05) is 24.0 Å². The summed E-state index contributed by atoms with van der Waals surface area (Å²) in [6.07, 6.45) is 1.19. The maximum atomic E-state index is 14.2. The maximum absolute atomic E-state index is 14.2. The number of aromatic nitrogens is 1. The Morgan fingerprint density at radius 1 is 1.18 bits per heavy atom. The largest absolute Gasteiger partial charge is 0.465 e. The number of halogens is 2. The van der Waals surface area contributed by atoms with Gasteiger partial charge < -0.3 is 15.3 Å². The molecule has 0 radical (unpaired) electrons. The van der Waals surface area contributed by atoms with Crippen LogP contribution in [0.1, 0.15) is 25.3 Å². The molecule has 0 unspecified atom stereocenters. The molecular weight excluding hydrogens is 447 g/mol. The van der Waals surface area contributed by atoms with E-state index >= 15 is 0 Å². The lowest BCUT2D eigenvalue weighted by Crippen LogP contribution is -2.67. The second-order valence-corrected chi connectivity index (χ2v) is 9.54. The fraction of sp³-hybridized carbons (Fsp3) is 0.458. The molecular formula is C24H28ClFN4O3. The molecule has 2 saturated heterocycles. The molecule has 2 N–H and O–H groups in total. The van der Waals surface area contributed by atoms with Crippen molar-refractivity contribution in [3.05, 3.63) is 59.0 Å². The fourth-order valence-electron chi connectivity index (χ4n) is 5.43. The number of amides is 1. The molecule has 2 fully saturated rings. The first-order valence-corrected chi connectivity index (χ1v) is 11.4. The van der Waals surface area contributed by atoms with Crippen molar-refractivity contribution in [3.63, 3.8) is 0 Å². The van der Waals surface area contributed by atoms with Crippen LogP contribution in [0.15, 0.2) is 42.6 Å². The van der Waals surface area contributed by atoms with Crippen LogP contribution < -0.4 is 10.2 Å². The van der Waals surface area contributed by atoms with Crippen LogP contribution in [0.3, 0.4) is 0 Å². The molecule has 0 bridgehead atoms. The molecule has 176 valence electrons. The van der Waals surface area contributed by atoms with Gasteiger partial charge in [-0.05, 0) is 42.7 Å². The van der Waals surface area contributed by atoms with Crippen molar-refractivity contribution in [1.29, 1.82) is 0 Å². The summed E-state index contributed by atoms with van der Waals surface area (Å²) in [6, 6.07) is 10.3. The van der Waals surface area contributed by atoms with Crippen LogP contribution in [0.25, 0.3) is 0 Å². The minimum absolute atomic E-state index is 0.0680. The number of hydrogen-bond donors (Lipinski definition) is 2. The van der Waals surface area contributed by atoms with Crippen molar-refractivity contribution >= 4 is 29.3 Å². The van der Waals surface area contributed by atoms with Crippen molar-refractivity contribution < 1.29 is 19.1 Å². The summed E-state index contributed by atoms with van der Waals surface area (Å²) < 4.78 is 13.2. The summed E-state index contributed by atoms with van der Waals surface area (Å²) in [5.41, 5.74) is -1.16. The Hall–Kier alpha value is -2.71. The molecule has 7 nitrogen and oxygen atoms in total. The number of carbonyl (C=O) groups is 2. The van der Waals surface area contributed by atoms with Gasteiger partial charge in [0.2, 0.25) is 0 Å².